The zero-order chi connectivity index (χ0) is 11.8. The molecule has 0 spiro atoms. The summed E-state index contributed by atoms with van der Waals surface area (Å²) in [4.78, 5) is 0. The molecule has 84 valence electrons. The number of nitrogens with one attached hydrogen (secondary N) is 1. The highest BCUT2D eigenvalue weighted by molar-refractivity contribution is 5.59. The van der Waals surface area contributed by atoms with Crippen molar-refractivity contribution >= 4 is 0 Å². The molecule has 0 radical (unpaired) electrons. The van der Waals surface area contributed by atoms with Crippen molar-refractivity contribution in [3.05, 3.63) is 41.8 Å². The van der Waals surface area contributed by atoms with Crippen molar-refractivity contribution in [2.45, 2.75) is 26.2 Å². The summed E-state index contributed by atoms with van der Waals surface area (Å²) < 4.78 is 12.8. The van der Waals surface area contributed by atoms with E-state index < -0.39 is 0 Å². The molecule has 0 aliphatic rings. The van der Waals surface area contributed by atoms with Gasteiger partial charge in [0.1, 0.15) is 5.82 Å². The highest BCUT2D eigenvalue weighted by atomic mass is 19.1. The quantitative estimate of drug-likeness (QED) is 0.779. The van der Waals surface area contributed by atoms with Crippen LogP contribution in [0.3, 0.4) is 0 Å². The molecule has 2 rings (SSSR count). The van der Waals surface area contributed by atoms with Gasteiger partial charge in [-0.2, -0.15) is 5.10 Å². The van der Waals surface area contributed by atoms with E-state index in [1.807, 2.05) is 6.07 Å². The smallest absolute Gasteiger partial charge is 0.123 e. The number of rotatable bonds is 1. The van der Waals surface area contributed by atoms with E-state index in [1.54, 1.807) is 12.1 Å². The summed E-state index contributed by atoms with van der Waals surface area (Å²) in [5.74, 6) is -0.227. The summed E-state index contributed by atoms with van der Waals surface area (Å²) in [6.07, 6.45) is 0. The van der Waals surface area contributed by atoms with Crippen LogP contribution in [-0.4, -0.2) is 10.2 Å². The Labute approximate surface area is 94.5 Å². The molecule has 2 aromatic rings. The molecule has 0 saturated carbocycles. The molecule has 0 bridgehead atoms. The summed E-state index contributed by atoms with van der Waals surface area (Å²) in [6, 6.07) is 8.37. The number of nitrogens with zero attached hydrogens (tertiary/aromatic N) is 1. The Hall–Kier alpha value is -1.64. The van der Waals surface area contributed by atoms with Crippen LogP contribution >= 0.6 is 0 Å². The largest absolute Gasteiger partial charge is 0.281 e. The number of hydrogen-bond donors (Lipinski definition) is 1. The molecule has 1 aromatic heterocycles. The number of aromatic amines is 1. The van der Waals surface area contributed by atoms with Crippen molar-refractivity contribution in [1.29, 1.82) is 0 Å². The summed E-state index contributed by atoms with van der Waals surface area (Å²) in [5.41, 5.74) is 2.90. The highest BCUT2D eigenvalue weighted by Gasteiger charge is 2.16. The van der Waals surface area contributed by atoms with E-state index >= 15 is 0 Å². The number of hydrogen-bond acceptors (Lipinski definition) is 1. The van der Waals surface area contributed by atoms with Gasteiger partial charge in [0.2, 0.25) is 0 Å². The van der Waals surface area contributed by atoms with E-state index in [4.69, 9.17) is 0 Å². The fourth-order valence-corrected chi connectivity index (χ4v) is 1.47. The lowest BCUT2D eigenvalue weighted by atomic mass is 9.92. The molecular formula is C13H15FN2. The lowest BCUT2D eigenvalue weighted by Gasteiger charge is -2.14. The molecule has 1 heterocycles. The number of halogens is 1. The molecule has 0 fully saturated rings. The van der Waals surface area contributed by atoms with Crippen molar-refractivity contribution < 1.29 is 4.39 Å². The normalized spacial score (nSPS) is 11.8. The fourth-order valence-electron chi connectivity index (χ4n) is 1.47. The number of benzene rings is 1. The highest BCUT2D eigenvalue weighted by Crippen LogP contribution is 2.25. The molecule has 0 atom stereocenters. The number of H-pyrrole nitrogens is 1. The van der Waals surface area contributed by atoms with Crippen molar-refractivity contribution in [3.63, 3.8) is 0 Å². The lowest BCUT2D eigenvalue weighted by Crippen LogP contribution is -2.11. The van der Waals surface area contributed by atoms with Gasteiger partial charge in [0.25, 0.3) is 0 Å². The van der Waals surface area contributed by atoms with E-state index in [2.05, 4.69) is 31.0 Å². The van der Waals surface area contributed by atoms with E-state index in [0.29, 0.717) is 0 Å². The van der Waals surface area contributed by atoms with Gasteiger partial charge in [-0.05, 0) is 30.3 Å². The minimum absolute atomic E-state index is 0.0469. The Balaban J connectivity index is 2.35. The Kier molecular flexibility index (Phi) is 2.54. The average Bonchev–Trinajstić information content (AvgIpc) is 2.67. The molecule has 1 N–H and O–H groups in total. The zero-order valence-corrected chi connectivity index (χ0v) is 9.71. The topological polar surface area (TPSA) is 28.7 Å². The van der Waals surface area contributed by atoms with Crippen LogP contribution < -0.4 is 0 Å². The minimum atomic E-state index is -0.227. The van der Waals surface area contributed by atoms with Gasteiger partial charge in [0.15, 0.2) is 0 Å². The van der Waals surface area contributed by atoms with Crippen LogP contribution in [0.5, 0.6) is 0 Å². The Morgan fingerprint density at radius 1 is 1.12 bits per heavy atom. The van der Waals surface area contributed by atoms with Crippen molar-refractivity contribution in [2.24, 2.45) is 0 Å². The third-order valence-corrected chi connectivity index (χ3v) is 2.53. The van der Waals surface area contributed by atoms with Crippen LogP contribution in [0.2, 0.25) is 0 Å². The first-order chi connectivity index (χ1) is 7.47. The van der Waals surface area contributed by atoms with E-state index in [-0.39, 0.29) is 11.2 Å². The van der Waals surface area contributed by atoms with Gasteiger partial charge < -0.3 is 0 Å². The maximum atomic E-state index is 12.8. The molecule has 0 aliphatic carbocycles. The summed E-state index contributed by atoms with van der Waals surface area (Å²) in [6.45, 7) is 6.36. The van der Waals surface area contributed by atoms with Crippen LogP contribution in [-0.2, 0) is 5.41 Å². The first-order valence-electron chi connectivity index (χ1n) is 5.28. The van der Waals surface area contributed by atoms with Gasteiger partial charge in [-0.3, -0.25) is 5.10 Å². The Bertz CT molecular complexity index is 477. The maximum absolute atomic E-state index is 12.8. The molecule has 0 aliphatic heterocycles. The molecule has 0 amide bonds. The van der Waals surface area contributed by atoms with Gasteiger partial charge >= 0.3 is 0 Å². The van der Waals surface area contributed by atoms with Crippen molar-refractivity contribution in [1.82, 2.24) is 10.2 Å². The maximum Gasteiger partial charge on any atom is 0.123 e. The van der Waals surface area contributed by atoms with Crippen LogP contribution in [0.15, 0.2) is 30.3 Å². The molecule has 3 heteroatoms. The predicted octanol–water partition coefficient (Wildman–Crippen LogP) is 3.51. The monoisotopic (exact) mass is 218 g/mol. The van der Waals surface area contributed by atoms with Gasteiger partial charge in [0, 0.05) is 16.7 Å². The third kappa shape index (κ3) is 2.13. The lowest BCUT2D eigenvalue weighted by molar-refractivity contribution is 0.567. The van der Waals surface area contributed by atoms with Gasteiger partial charge in [-0.25, -0.2) is 4.39 Å². The van der Waals surface area contributed by atoms with E-state index in [9.17, 15) is 4.39 Å². The van der Waals surface area contributed by atoms with Gasteiger partial charge in [-0.1, -0.05) is 20.8 Å². The van der Waals surface area contributed by atoms with Gasteiger partial charge in [-0.15, -0.1) is 0 Å². The fraction of sp³-hybridized carbons (Fsp3) is 0.308. The second-order valence-electron chi connectivity index (χ2n) is 4.92. The standard InChI is InChI=1S/C13H15FN2/c1-13(2,3)12-8-11(15-16-12)9-4-6-10(14)7-5-9/h4-8H,1-3H3,(H,15,16). The number of aromatic nitrogens is 2. The molecule has 0 saturated heterocycles. The molecule has 1 aromatic carbocycles. The molecule has 2 nitrogen and oxygen atoms in total. The minimum Gasteiger partial charge on any atom is -0.281 e. The second-order valence-corrected chi connectivity index (χ2v) is 4.92. The molecule has 0 unspecified atom stereocenters. The summed E-state index contributed by atoms with van der Waals surface area (Å²) in [5, 5.41) is 7.25. The van der Waals surface area contributed by atoms with Crippen LogP contribution in [0.4, 0.5) is 4.39 Å². The summed E-state index contributed by atoms with van der Waals surface area (Å²) in [7, 11) is 0. The predicted molar refractivity (Wildman–Crippen MR) is 62.7 cm³/mol. The van der Waals surface area contributed by atoms with Crippen molar-refractivity contribution in [3.8, 4) is 11.3 Å². The van der Waals surface area contributed by atoms with Gasteiger partial charge in [0.05, 0.1) is 5.69 Å². The first kappa shape index (κ1) is 10.9. The summed E-state index contributed by atoms with van der Waals surface area (Å²) >= 11 is 0. The van der Waals surface area contributed by atoms with E-state index in [0.717, 1.165) is 17.0 Å². The molecule has 16 heavy (non-hydrogen) atoms. The molecular weight excluding hydrogens is 203 g/mol. The Morgan fingerprint density at radius 2 is 1.75 bits per heavy atom. The third-order valence-electron chi connectivity index (χ3n) is 2.53. The Morgan fingerprint density at radius 3 is 2.25 bits per heavy atom. The van der Waals surface area contributed by atoms with Crippen LogP contribution in [0, 0.1) is 5.82 Å². The second kappa shape index (κ2) is 3.74. The SMILES string of the molecule is CC(C)(C)c1cc(-c2ccc(F)cc2)n[nH]1. The zero-order valence-electron chi connectivity index (χ0n) is 9.71. The van der Waals surface area contributed by atoms with E-state index in [1.165, 1.54) is 12.1 Å². The first-order valence-corrected chi connectivity index (χ1v) is 5.28. The van der Waals surface area contributed by atoms with Crippen molar-refractivity contribution in [2.75, 3.05) is 0 Å². The van der Waals surface area contributed by atoms with Crippen LogP contribution in [0.25, 0.3) is 11.3 Å². The average molecular weight is 218 g/mol. The van der Waals surface area contributed by atoms with Crippen LogP contribution in [0.1, 0.15) is 26.5 Å².